The van der Waals surface area contributed by atoms with Gasteiger partial charge in [-0.05, 0) is 63.7 Å². The predicted molar refractivity (Wildman–Crippen MR) is 75.0 cm³/mol. The maximum atomic E-state index is 12.7. The van der Waals surface area contributed by atoms with E-state index in [0.29, 0.717) is 12.8 Å². The van der Waals surface area contributed by atoms with Crippen molar-refractivity contribution < 1.29 is 18.3 Å². The quantitative estimate of drug-likeness (QED) is 0.388. The lowest BCUT2D eigenvalue weighted by Gasteiger charge is -2.09. The van der Waals surface area contributed by atoms with Crippen molar-refractivity contribution in [2.24, 2.45) is 0 Å². The molecule has 1 aromatic heterocycles. The van der Waals surface area contributed by atoms with Crippen molar-refractivity contribution >= 4 is 51.2 Å². The first-order valence-electron chi connectivity index (χ1n) is 4.74. The van der Waals surface area contributed by atoms with Gasteiger partial charge in [0.2, 0.25) is 0 Å². The number of carbonyl (C=O) groups excluding carboxylic acids is 1. The molecule has 3 nitrogen and oxygen atoms in total. The van der Waals surface area contributed by atoms with Gasteiger partial charge in [0.15, 0.2) is 0 Å². The average molecular weight is 467 g/mol. The number of esters is 1. The van der Waals surface area contributed by atoms with E-state index >= 15 is 0 Å². The Morgan fingerprint density at radius 1 is 1.53 bits per heavy atom. The normalized spacial score (nSPS) is 10.7. The van der Waals surface area contributed by atoms with Crippen LogP contribution in [0.1, 0.15) is 24.6 Å². The van der Waals surface area contributed by atoms with Gasteiger partial charge in [-0.25, -0.2) is 13.8 Å². The van der Waals surface area contributed by atoms with E-state index < -0.39 is 12.4 Å². The van der Waals surface area contributed by atoms with Crippen LogP contribution in [-0.4, -0.2) is 17.6 Å². The van der Waals surface area contributed by atoms with Crippen LogP contribution >= 0.6 is 45.2 Å². The van der Waals surface area contributed by atoms with Gasteiger partial charge in [0.25, 0.3) is 6.43 Å². The molecular formula is C10H9F2I2NO2. The number of halogens is 4. The monoisotopic (exact) mass is 467 g/mol. The van der Waals surface area contributed by atoms with Crippen LogP contribution < -0.4 is 0 Å². The first-order chi connectivity index (χ1) is 7.95. The molecule has 1 heterocycles. The van der Waals surface area contributed by atoms with E-state index in [0.717, 1.165) is 0 Å². The first kappa shape index (κ1) is 15.0. The molecule has 17 heavy (non-hydrogen) atoms. The highest BCUT2D eigenvalue weighted by atomic mass is 127. The summed E-state index contributed by atoms with van der Waals surface area (Å²) in [6, 6.07) is 1.62. The minimum atomic E-state index is -2.64. The molecule has 1 aromatic rings. The zero-order valence-corrected chi connectivity index (χ0v) is 13.2. The summed E-state index contributed by atoms with van der Waals surface area (Å²) >= 11 is 3.63. The summed E-state index contributed by atoms with van der Waals surface area (Å²) in [6.45, 7) is 1.98. The molecule has 0 bridgehead atoms. The summed E-state index contributed by atoms with van der Waals surface area (Å²) in [7, 11) is 0. The van der Waals surface area contributed by atoms with Gasteiger partial charge in [-0.2, -0.15) is 0 Å². The molecule has 0 unspecified atom stereocenters. The Kier molecular flexibility index (Phi) is 5.97. The summed E-state index contributed by atoms with van der Waals surface area (Å²) in [5.74, 6) is -0.423. The second-order valence-corrected chi connectivity index (χ2v) is 5.27. The van der Waals surface area contributed by atoms with Crippen molar-refractivity contribution in [3.63, 3.8) is 0 Å². The molecule has 0 amide bonds. The Balaban J connectivity index is 3.03. The van der Waals surface area contributed by atoms with Crippen LogP contribution in [0, 0.1) is 7.27 Å². The Morgan fingerprint density at radius 2 is 2.18 bits per heavy atom. The molecule has 0 fully saturated rings. The van der Waals surface area contributed by atoms with Gasteiger partial charge in [-0.1, -0.05) is 0 Å². The summed E-state index contributed by atoms with van der Waals surface area (Å²) in [5.41, 5.74) is 0.246. The fourth-order valence-corrected chi connectivity index (χ4v) is 2.55. The van der Waals surface area contributed by atoms with Crippen molar-refractivity contribution in [3.05, 3.63) is 24.6 Å². The van der Waals surface area contributed by atoms with E-state index in [-0.39, 0.29) is 18.7 Å². The van der Waals surface area contributed by atoms with E-state index in [1.165, 1.54) is 0 Å². The fourth-order valence-electron chi connectivity index (χ4n) is 1.21. The number of alkyl halides is 2. The second kappa shape index (κ2) is 6.76. The van der Waals surface area contributed by atoms with E-state index in [4.69, 9.17) is 4.74 Å². The predicted octanol–water partition coefficient (Wildman–Crippen LogP) is 3.33. The average Bonchev–Trinajstić information content (AvgIpc) is 2.22. The van der Waals surface area contributed by atoms with Crippen molar-refractivity contribution in [2.45, 2.75) is 19.8 Å². The lowest BCUT2D eigenvalue weighted by Crippen LogP contribution is -2.11. The van der Waals surface area contributed by atoms with Gasteiger partial charge in [0, 0.05) is 3.57 Å². The smallest absolute Gasteiger partial charge is 0.310 e. The summed E-state index contributed by atoms with van der Waals surface area (Å²) in [6.07, 6.45) is -2.65. The second-order valence-electron chi connectivity index (χ2n) is 3.09. The summed E-state index contributed by atoms with van der Waals surface area (Å²) in [4.78, 5) is 15.1. The molecule has 0 atom stereocenters. The molecule has 0 aromatic carbocycles. The molecule has 0 radical (unpaired) electrons. The Labute approximate surface area is 125 Å². The van der Waals surface area contributed by atoms with Crippen LogP contribution in [0.3, 0.4) is 0 Å². The van der Waals surface area contributed by atoms with Gasteiger partial charge in [0.1, 0.15) is 9.39 Å². The number of hydrogen-bond acceptors (Lipinski definition) is 3. The molecular weight excluding hydrogens is 458 g/mol. The summed E-state index contributed by atoms with van der Waals surface area (Å²) < 4.78 is 30.9. The zero-order valence-electron chi connectivity index (χ0n) is 8.84. The Bertz CT molecular complexity index is 427. The molecule has 0 spiro atoms. The van der Waals surface area contributed by atoms with E-state index in [9.17, 15) is 13.6 Å². The van der Waals surface area contributed by atoms with Crippen LogP contribution in [0.2, 0.25) is 0 Å². The van der Waals surface area contributed by atoms with Crippen LogP contribution in [0.4, 0.5) is 8.78 Å². The highest BCUT2D eigenvalue weighted by Gasteiger charge is 2.19. The minimum Gasteiger partial charge on any atom is -0.466 e. The maximum absolute atomic E-state index is 12.7. The zero-order chi connectivity index (χ0) is 13.0. The van der Waals surface area contributed by atoms with Gasteiger partial charge >= 0.3 is 5.97 Å². The van der Waals surface area contributed by atoms with Crippen molar-refractivity contribution in [1.82, 2.24) is 4.98 Å². The number of carbonyl (C=O) groups is 1. The van der Waals surface area contributed by atoms with Gasteiger partial charge in [-0.15, -0.1) is 0 Å². The third-order valence-electron chi connectivity index (χ3n) is 1.87. The van der Waals surface area contributed by atoms with E-state index in [2.05, 4.69) is 4.98 Å². The molecule has 0 aliphatic rings. The fraction of sp³-hybridized carbons (Fsp3) is 0.400. The van der Waals surface area contributed by atoms with E-state index in [1.807, 2.05) is 22.6 Å². The lowest BCUT2D eigenvalue weighted by molar-refractivity contribution is -0.142. The number of hydrogen-bond donors (Lipinski definition) is 0. The van der Waals surface area contributed by atoms with Crippen molar-refractivity contribution in [1.29, 1.82) is 0 Å². The molecule has 94 valence electrons. The molecule has 0 saturated heterocycles. The van der Waals surface area contributed by atoms with Crippen molar-refractivity contribution in [2.75, 3.05) is 6.61 Å². The number of nitrogens with zero attached hydrogens (tertiary/aromatic N) is 1. The third kappa shape index (κ3) is 4.27. The Morgan fingerprint density at radius 3 is 2.71 bits per heavy atom. The topological polar surface area (TPSA) is 39.2 Å². The standard InChI is InChI=1S/C10H9F2I2NO2/c1-2-17-7(16)4-5-3-6(13)15-9(8(5)14)10(11)12/h3,10H,2,4H2,1H3. The van der Waals surface area contributed by atoms with Gasteiger partial charge in [0.05, 0.1) is 13.0 Å². The van der Waals surface area contributed by atoms with Crippen LogP contribution in [-0.2, 0) is 16.0 Å². The van der Waals surface area contributed by atoms with Crippen LogP contribution in [0.5, 0.6) is 0 Å². The lowest BCUT2D eigenvalue weighted by atomic mass is 10.1. The number of pyridine rings is 1. The number of rotatable bonds is 4. The third-order valence-corrected chi connectivity index (χ3v) is 3.67. The van der Waals surface area contributed by atoms with Crippen LogP contribution in [0.25, 0.3) is 0 Å². The van der Waals surface area contributed by atoms with Gasteiger partial charge < -0.3 is 4.74 Å². The maximum Gasteiger partial charge on any atom is 0.310 e. The van der Waals surface area contributed by atoms with Crippen molar-refractivity contribution in [3.8, 4) is 0 Å². The largest absolute Gasteiger partial charge is 0.466 e. The molecule has 0 aliphatic carbocycles. The van der Waals surface area contributed by atoms with Crippen LogP contribution in [0.15, 0.2) is 6.07 Å². The number of ether oxygens (including phenoxy) is 1. The minimum absolute atomic E-state index is 0.00957. The highest BCUT2D eigenvalue weighted by molar-refractivity contribution is 14.1. The summed E-state index contributed by atoms with van der Waals surface area (Å²) in [5, 5.41) is 0. The first-order valence-corrected chi connectivity index (χ1v) is 6.90. The SMILES string of the molecule is CCOC(=O)Cc1cc(I)nc(C(F)F)c1I. The highest BCUT2D eigenvalue weighted by Crippen LogP contribution is 2.26. The molecule has 0 aliphatic heterocycles. The molecule has 0 saturated carbocycles. The number of aromatic nitrogens is 1. The Hall–Kier alpha value is -0.0600. The van der Waals surface area contributed by atoms with Gasteiger partial charge in [-0.3, -0.25) is 4.79 Å². The molecule has 0 N–H and O–H groups in total. The van der Waals surface area contributed by atoms with E-state index in [1.54, 1.807) is 35.6 Å². The molecule has 7 heteroatoms. The molecule has 1 rings (SSSR count).